The summed E-state index contributed by atoms with van der Waals surface area (Å²) in [6.07, 6.45) is 0. The molecule has 7 heteroatoms. The van der Waals surface area contributed by atoms with Crippen LogP contribution in [0.25, 0.3) is 0 Å². The minimum absolute atomic E-state index is 0.198. The number of carbonyl (C=O) groups is 1. The van der Waals surface area contributed by atoms with Crippen LogP contribution in [0.2, 0.25) is 10.0 Å². The van der Waals surface area contributed by atoms with Crippen molar-refractivity contribution in [1.29, 1.82) is 0 Å². The number of thiocarbonyl (C=S) groups is 1. The molecule has 21 heavy (non-hydrogen) atoms. The Bertz CT molecular complexity index is 509. The molecular weight excluding hydrogens is 329 g/mol. The van der Waals surface area contributed by atoms with Crippen molar-refractivity contribution < 1.29 is 4.79 Å². The lowest BCUT2D eigenvalue weighted by molar-refractivity contribution is 0.0954. The number of halogens is 2. The molecule has 0 bridgehead atoms. The van der Waals surface area contributed by atoms with Crippen molar-refractivity contribution in [3.05, 3.63) is 33.8 Å². The highest BCUT2D eigenvalue weighted by Gasteiger charge is 2.07. The predicted octanol–water partition coefficient (Wildman–Crippen LogP) is 2.84. The molecule has 0 aliphatic heterocycles. The van der Waals surface area contributed by atoms with Crippen molar-refractivity contribution >= 4 is 46.4 Å². The highest BCUT2D eigenvalue weighted by Crippen LogP contribution is 2.22. The quantitative estimate of drug-likeness (QED) is 0.547. The summed E-state index contributed by atoms with van der Waals surface area (Å²) >= 11 is 16.8. The molecule has 1 amide bonds. The summed E-state index contributed by atoms with van der Waals surface area (Å²) in [5.74, 6) is 0.329. The molecule has 0 heterocycles. The van der Waals surface area contributed by atoms with E-state index in [2.05, 4.69) is 29.8 Å². The maximum Gasteiger partial charge on any atom is 0.251 e. The van der Waals surface area contributed by atoms with Crippen LogP contribution in [0.15, 0.2) is 18.2 Å². The van der Waals surface area contributed by atoms with Crippen LogP contribution in [0.4, 0.5) is 0 Å². The molecular formula is C14H19Cl2N3OS. The number of amides is 1. The molecule has 0 fully saturated rings. The van der Waals surface area contributed by atoms with E-state index in [1.807, 2.05) is 0 Å². The van der Waals surface area contributed by atoms with Gasteiger partial charge in [0.05, 0.1) is 10.0 Å². The lowest BCUT2D eigenvalue weighted by atomic mass is 10.2. The summed E-state index contributed by atoms with van der Waals surface area (Å²) in [5, 5.41) is 10.3. The number of hydrogen-bond acceptors (Lipinski definition) is 2. The van der Waals surface area contributed by atoms with Gasteiger partial charge in [-0.15, -0.1) is 0 Å². The van der Waals surface area contributed by atoms with Crippen molar-refractivity contribution in [2.75, 3.05) is 19.6 Å². The van der Waals surface area contributed by atoms with Crippen molar-refractivity contribution in [1.82, 2.24) is 16.0 Å². The van der Waals surface area contributed by atoms with E-state index in [1.54, 1.807) is 18.2 Å². The van der Waals surface area contributed by atoms with Crippen LogP contribution in [0.1, 0.15) is 24.2 Å². The summed E-state index contributed by atoms with van der Waals surface area (Å²) in [6.45, 7) is 6.04. The normalized spacial score (nSPS) is 10.3. The molecule has 0 aliphatic carbocycles. The molecule has 1 rings (SSSR count). The van der Waals surface area contributed by atoms with E-state index in [9.17, 15) is 4.79 Å². The van der Waals surface area contributed by atoms with Crippen LogP contribution in [0, 0.1) is 5.92 Å². The van der Waals surface area contributed by atoms with Gasteiger partial charge in [-0.2, -0.15) is 0 Å². The van der Waals surface area contributed by atoms with Gasteiger partial charge in [-0.3, -0.25) is 4.79 Å². The average Bonchev–Trinajstić information content (AvgIpc) is 2.44. The molecule has 1 aromatic rings. The van der Waals surface area contributed by atoms with Crippen molar-refractivity contribution in [3.8, 4) is 0 Å². The van der Waals surface area contributed by atoms with E-state index in [0.717, 1.165) is 6.54 Å². The minimum Gasteiger partial charge on any atom is -0.362 e. The Morgan fingerprint density at radius 1 is 1.14 bits per heavy atom. The Balaban J connectivity index is 2.27. The van der Waals surface area contributed by atoms with E-state index in [-0.39, 0.29) is 5.91 Å². The first-order valence-corrected chi connectivity index (χ1v) is 7.81. The van der Waals surface area contributed by atoms with Gasteiger partial charge in [0.15, 0.2) is 5.11 Å². The lowest BCUT2D eigenvalue weighted by Gasteiger charge is -2.12. The lowest BCUT2D eigenvalue weighted by Crippen LogP contribution is -2.41. The zero-order chi connectivity index (χ0) is 15.8. The van der Waals surface area contributed by atoms with Gasteiger partial charge in [0, 0.05) is 25.2 Å². The average molecular weight is 348 g/mol. The van der Waals surface area contributed by atoms with E-state index < -0.39 is 0 Å². The minimum atomic E-state index is -0.198. The van der Waals surface area contributed by atoms with Gasteiger partial charge in [0.25, 0.3) is 5.91 Å². The molecule has 116 valence electrons. The Hall–Kier alpha value is -1.04. The number of benzene rings is 1. The van der Waals surface area contributed by atoms with Gasteiger partial charge in [0.2, 0.25) is 0 Å². The molecule has 4 nitrogen and oxygen atoms in total. The van der Waals surface area contributed by atoms with Gasteiger partial charge < -0.3 is 16.0 Å². The first-order valence-electron chi connectivity index (χ1n) is 6.65. The summed E-state index contributed by atoms with van der Waals surface area (Å²) < 4.78 is 0. The topological polar surface area (TPSA) is 53.2 Å². The van der Waals surface area contributed by atoms with Crippen LogP contribution in [0.5, 0.6) is 0 Å². The second kappa shape index (κ2) is 9.07. The zero-order valence-electron chi connectivity index (χ0n) is 12.0. The van der Waals surface area contributed by atoms with Crippen molar-refractivity contribution in [2.45, 2.75) is 13.8 Å². The Labute approximate surface area is 140 Å². The fraction of sp³-hybridized carbons (Fsp3) is 0.429. The molecule has 0 unspecified atom stereocenters. The molecule has 0 saturated heterocycles. The van der Waals surface area contributed by atoms with E-state index in [1.165, 1.54) is 0 Å². The first-order chi connectivity index (χ1) is 9.90. The number of carbonyl (C=O) groups excluding carboxylic acids is 1. The van der Waals surface area contributed by atoms with Crippen LogP contribution >= 0.6 is 35.4 Å². The Kier molecular flexibility index (Phi) is 7.78. The molecule has 1 aromatic carbocycles. The third-order valence-electron chi connectivity index (χ3n) is 2.55. The summed E-state index contributed by atoms with van der Waals surface area (Å²) in [6, 6.07) is 4.77. The second-order valence-electron chi connectivity index (χ2n) is 4.92. The molecule has 3 N–H and O–H groups in total. The van der Waals surface area contributed by atoms with E-state index >= 15 is 0 Å². The Morgan fingerprint density at radius 2 is 1.81 bits per heavy atom. The smallest absolute Gasteiger partial charge is 0.251 e. The zero-order valence-corrected chi connectivity index (χ0v) is 14.3. The molecule has 0 radical (unpaired) electrons. The molecule has 0 aliphatic rings. The Morgan fingerprint density at radius 3 is 2.43 bits per heavy atom. The van der Waals surface area contributed by atoms with Gasteiger partial charge in [0.1, 0.15) is 0 Å². The maximum absolute atomic E-state index is 11.9. The third kappa shape index (κ3) is 6.98. The molecule has 0 aromatic heterocycles. The highest BCUT2D eigenvalue weighted by molar-refractivity contribution is 7.80. The van der Waals surface area contributed by atoms with Gasteiger partial charge in [-0.25, -0.2) is 0 Å². The fourth-order valence-corrected chi connectivity index (χ4v) is 1.93. The molecule has 0 spiro atoms. The van der Waals surface area contributed by atoms with Crippen LogP contribution < -0.4 is 16.0 Å². The largest absolute Gasteiger partial charge is 0.362 e. The summed E-state index contributed by atoms with van der Waals surface area (Å²) in [4.78, 5) is 11.9. The standard InChI is InChI=1S/C14H19Cl2N3OS/c1-9(2)8-19-14(21)18-6-5-17-13(20)10-3-4-11(15)12(16)7-10/h3-4,7,9H,5-6,8H2,1-2H3,(H,17,20)(H2,18,19,21). The fourth-order valence-electron chi connectivity index (χ4n) is 1.45. The number of nitrogens with one attached hydrogen (secondary N) is 3. The van der Waals surface area contributed by atoms with Crippen molar-refractivity contribution in [3.63, 3.8) is 0 Å². The maximum atomic E-state index is 11.9. The van der Waals surface area contributed by atoms with E-state index in [0.29, 0.717) is 39.7 Å². The van der Waals surface area contributed by atoms with Crippen molar-refractivity contribution in [2.24, 2.45) is 5.92 Å². The van der Waals surface area contributed by atoms with Gasteiger partial charge in [-0.1, -0.05) is 37.0 Å². The first kappa shape index (κ1) is 18.0. The van der Waals surface area contributed by atoms with Crippen LogP contribution in [-0.2, 0) is 0 Å². The van der Waals surface area contributed by atoms with Crippen LogP contribution in [0.3, 0.4) is 0 Å². The van der Waals surface area contributed by atoms with E-state index in [4.69, 9.17) is 35.4 Å². The summed E-state index contributed by atoms with van der Waals surface area (Å²) in [7, 11) is 0. The number of hydrogen-bond donors (Lipinski definition) is 3. The second-order valence-corrected chi connectivity index (χ2v) is 6.14. The van der Waals surface area contributed by atoms with Crippen LogP contribution in [-0.4, -0.2) is 30.7 Å². The van der Waals surface area contributed by atoms with Gasteiger partial charge >= 0.3 is 0 Å². The monoisotopic (exact) mass is 347 g/mol. The highest BCUT2D eigenvalue weighted by atomic mass is 35.5. The summed E-state index contributed by atoms with van der Waals surface area (Å²) in [5.41, 5.74) is 0.477. The molecule has 0 saturated carbocycles. The molecule has 0 atom stereocenters. The third-order valence-corrected chi connectivity index (χ3v) is 3.58. The van der Waals surface area contributed by atoms with Gasteiger partial charge in [-0.05, 0) is 36.3 Å². The SMILES string of the molecule is CC(C)CNC(=S)NCCNC(=O)c1ccc(Cl)c(Cl)c1. The predicted molar refractivity (Wildman–Crippen MR) is 92.2 cm³/mol. The number of rotatable bonds is 6.